The minimum Gasteiger partial charge on any atom is -0.354 e. The van der Waals surface area contributed by atoms with Gasteiger partial charge in [0.1, 0.15) is 5.82 Å². The van der Waals surface area contributed by atoms with Crippen LogP contribution in [-0.2, 0) is 4.79 Å². The molecule has 2 heterocycles. The Morgan fingerprint density at radius 3 is 2.46 bits per heavy atom. The number of piperazine rings is 1. The number of aromatic nitrogens is 1. The average molecular weight is 324 g/mol. The minimum atomic E-state index is 0.0357. The van der Waals surface area contributed by atoms with E-state index in [1.807, 2.05) is 61.7 Å². The molecule has 1 aliphatic heterocycles. The summed E-state index contributed by atoms with van der Waals surface area (Å²) in [6.45, 7) is 6.03. The normalized spacial score (nSPS) is 16.6. The molecule has 0 bridgehead atoms. The first-order chi connectivity index (χ1) is 11.7. The average Bonchev–Trinajstić information content (AvgIpc) is 2.64. The van der Waals surface area contributed by atoms with Gasteiger partial charge in [-0.2, -0.15) is 0 Å². The van der Waals surface area contributed by atoms with E-state index in [1.54, 1.807) is 0 Å². The van der Waals surface area contributed by atoms with Crippen LogP contribution in [0.15, 0.2) is 54.7 Å². The van der Waals surface area contributed by atoms with E-state index < -0.39 is 0 Å². The molecule has 5 nitrogen and oxygen atoms in total. The summed E-state index contributed by atoms with van der Waals surface area (Å²) in [4.78, 5) is 21.1. The van der Waals surface area contributed by atoms with Crippen molar-refractivity contribution in [3.8, 4) is 0 Å². The minimum absolute atomic E-state index is 0.0357. The van der Waals surface area contributed by atoms with Gasteiger partial charge < -0.3 is 10.2 Å². The summed E-state index contributed by atoms with van der Waals surface area (Å²) in [5.74, 6) is 1.09. The monoisotopic (exact) mass is 324 g/mol. The van der Waals surface area contributed by atoms with Gasteiger partial charge in [-0.3, -0.25) is 9.69 Å². The number of carbonyl (C=O) groups excluding carboxylic acids is 1. The van der Waals surface area contributed by atoms with E-state index in [-0.39, 0.29) is 11.9 Å². The lowest BCUT2D eigenvalue weighted by Gasteiger charge is -2.35. The summed E-state index contributed by atoms with van der Waals surface area (Å²) >= 11 is 0. The molecule has 1 saturated heterocycles. The third kappa shape index (κ3) is 4.32. The van der Waals surface area contributed by atoms with Gasteiger partial charge in [0, 0.05) is 32.4 Å². The van der Waals surface area contributed by atoms with Gasteiger partial charge in [-0.15, -0.1) is 0 Å². The van der Waals surface area contributed by atoms with Crippen LogP contribution in [-0.4, -0.2) is 48.5 Å². The molecule has 0 unspecified atom stereocenters. The Morgan fingerprint density at radius 2 is 1.79 bits per heavy atom. The predicted molar refractivity (Wildman–Crippen MR) is 95.9 cm³/mol. The van der Waals surface area contributed by atoms with Crippen molar-refractivity contribution in [3.05, 3.63) is 60.3 Å². The van der Waals surface area contributed by atoms with E-state index in [0.29, 0.717) is 6.54 Å². The van der Waals surface area contributed by atoms with Crippen LogP contribution in [0.4, 0.5) is 5.82 Å². The molecule has 5 heteroatoms. The maximum Gasteiger partial charge on any atom is 0.234 e. The molecule has 0 spiro atoms. The first kappa shape index (κ1) is 16.5. The van der Waals surface area contributed by atoms with Gasteiger partial charge in [-0.1, -0.05) is 36.4 Å². The molecule has 3 rings (SSSR count). The lowest BCUT2D eigenvalue weighted by Crippen LogP contribution is -2.49. The van der Waals surface area contributed by atoms with Crippen molar-refractivity contribution in [2.24, 2.45) is 0 Å². The zero-order valence-electron chi connectivity index (χ0n) is 14.1. The summed E-state index contributed by atoms with van der Waals surface area (Å²) in [5, 5.41) is 3.08. The number of hydrogen-bond donors (Lipinski definition) is 1. The predicted octanol–water partition coefficient (Wildman–Crippen LogP) is 2.08. The quantitative estimate of drug-likeness (QED) is 0.915. The second-order valence-electron chi connectivity index (χ2n) is 6.15. The molecule has 1 amide bonds. The smallest absolute Gasteiger partial charge is 0.234 e. The number of anilines is 1. The van der Waals surface area contributed by atoms with Crippen molar-refractivity contribution in [1.82, 2.24) is 15.2 Å². The topological polar surface area (TPSA) is 48.5 Å². The number of benzene rings is 1. The molecule has 1 N–H and O–H groups in total. The summed E-state index contributed by atoms with van der Waals surface area (Å²) in [5.41, 5.74) is 1.13. The second-order valence-corrected chi connectivity index (χ2v) is 6.15. The molecule has 1 fully saturated rings. The van der Waals surface area contributed by atoms with Crippen LogP contribution in [0.3, 0.4) is 0 Å². The van der Waals surface area contributed by atoms with E-state index >= 15 is 0 Å². The van der Waals surface area contributed by atoms with Crippen molar-refractivity contribution in [1.29, 1.82) is 0 Å². The molecule has 1 aliphatic rings. The molecule has 24 heavy (non-hydrogen) atoms. The Kier molecular flexibility index (Phi) is 5.43. The summed E-state index contributed by atoms with van der Waals surface area (Å²) in [6, 6.07) is 16.1. The fourth-order valence-corrected chi connectivity index (χ4v) is 2.99. The molecule has 1 atom stereocenters. The van der Waals surface area contributed by atoms with Gasteiger partial charge in [0.25, 0.3) is 0 Å². The van der Waals surface area contributed by atoms with Crippen molar-refractivity contribution in [3.63, 3.8) is 0 Å². The highest BCUT2D eigenvalue weighted by molar-refractivity contribution is 5.78. The third-order valence-electron chi connectivity index (χ3n) is 4.39. The van der Waals surface area contributed by atoms with Crippen LogP contribution in [0.2, 0.25) is 0 Å². The lowest BCUT2D eigenvalue weighted by molar-refractivity contribution is -0.123. The van der Waals surface area contributed by atoms with E-state index in [1.165, 1.54) is 0 Å². The van der Waals surface area contributed by atoms with Gasteiger partial charge in [0.2, 0.25) is 5.91 Å². The lowest BCUT2D eigenvalue weighted by atomic mass is 10.1. The molecule has 0 aliphatic carbocycles. The van der Waals surface area contributed by atoms with E-state index in [9.17, 15) is 4.79 Å². The fourth-order valence-electron chi connectivity index (χ4n) is 2.99. The van der Waals surface area contributed by atoms with Gasteiger partial charge >= 0.3 is 0 Å². The van der Waals surface area contributed by atoms with Gasteiger partial charge in [-0.25, -0.2) is 4.98 Å². The van der Waals surface area contributed by atoms with E-state index in [4.69, 9.17) is 0 Å². The Morgan fingerprint density at radius 1 is 1.08 bits per heavy atom. The number of hydrogen-bond acceptors (Lipinski definition) is 4. The van der Waals surface area contributed by atoms with E-state index in [2.05, 4.69) is 20.1 Å². The Labute approximate surface area is 143 Å². The standard InChI is InChI=1S/C19H24N4O/c1-16(17-7-3-2-4-8-17)21-19(24)15-22-11-13-23(14-12-22)18-9-5-6-10-20-18/h2-10,16H,11-15H2,1H3,(H,21,24)/t16-/m0/s1. The van der Waals surface area contributed by atoms with E-state index in [0.717, 1.165) is 37.6 Å². The number of pyridine rings is 1. The number of amides is 1. The zero-order valence-corrected chi connectivity index (χ0v) is 14.1. The fraction of sp³-hybridized carbons (Fsp3) is 0.368. The summed E-state index contributed by atoms with van der Waals surface area (Å²) < 4.78 is 0. The van der Waals surface area contributed by atoms with Crippen molar-refractivity contribution in [2.75, 3.05) is 37.6 Å². The number of rotatable bonds is 5. The highest BCUT2D eigenvalue weighted by Gasteiger charge is 2.20. The highest BCUT2D eigenvalue weighted by atomic mass is 16.2. The Hall–Kier alpha value is -2.40. The Balaban J connectivity index is 1.45. The van der Waals surface area contributed by atoms with Gasteiger partial charge in [-0.05, 0) is 24.6 Å². The molecular weight excluding hydrogens is 300 g/mol. The first-order valence-electron chi connectivity index (χ1n) is 8.45. The Bertz CT molecular complexity index is 639. The van der Waals surface area contributed by atoms with Crippen LogP contribution in [0, 0.1) is 0 Å². The molecule has 0 radical (unpaired) electrons. The van der Waals surface area contributed by atoms with Crippen LogP contribution < -0.4 is 10.2 Å². The van der Waals surface area contributed by atoms with Gasteiger partial charge in [0.15, 0.2) is 0 Å². The van der Waals surface area contributed by atoms with Gasteiger partial charge in [0.05, 0.1) is 12.6 Å². The van der Waals surface area contributed by atoms with Crippen molar-refractivity contribution >= 4 is 11.7 Å². The summed E-state index contributed by atoms with van der Waals surface area (Å²) in [6.07, 6.45) is 1.82. The van der Waals surface area contributed by atoms with Crippen molar-refractivity contribution in [2.45, 2.75) is 13.0 Å². The molecule has 0 saturated carbocycles. The number of nitrogens with zero attached hydrogens (tertiary/aromatic N) is 3. The van der Waals surface area contributed by atoms with Crippen LogP contribution in [0.1, 0.15) is 18.5 Å². The highest BCUT2D eigenvalue weighted by Crippen LogP contribution is 2.13. The molecule has 1 aromatic carbocycles. The maximum atomic E-state index is 12.3. The number of nitrogens with one attached hydrogen (secondary N) is 1. The van der Waals surface area contributed by atoms with Crippen LogP contribution in [0.5, 0.6) is 0 Å². The molecular formula is C19H24N4O. The molecule has 2 aromatic rings. The SMILES string of the molecule is C[C@H](NC(=O)CN1CCN(c2ccccn2)CC1)c1ccccc1. The number of carbonyl (C=O) groups is 1. The first-order valence-corrected chi connectivity index (χ1v) is 8.45. The zero-order chi connectivity index (χ0) is 16.8. The van der Waals surface area contributed by atoms with Crippen LogP contribution in [0.25, 0.3) is 0 Å². The largest absolute Gasteiger partial charge is 0.354 e. The maximum absolute atomic E-state index is 12.3. The van der Waals surface area contributed by atoms with Crippen LogP contribution >= 0.6 is 0 Å². The second kappa shape index (κ2) is 7.93. The molecule has 126 valence electrons. The molecule has 1 aromatic heterocycles. The summed E-state index contributed by atoms with van der Waals surface area (Å²) in [7, 11) is 0. The van der Waals surface area contributed by atoms with Crippen molar-refractivity contribution < 1.29 is 4.79 Å². The third-order valence-corrected chi connectivity index (χ3v) is 4.39.